The number of rotatable bonds is 9. The molecule has 0 saturated heterocycles. The van der Waals surface area contributed by atoms with E-state index < -0.39 is 23.0 Å². The predicted octanol–water partition coefficient (Wildman–Crippen LogP) is 4.00. The number of anilines is 4. The van der Waals surface area contributed by atoms with Crippen LogP contribution in [-0.2, 0) is 0 Å². The molecule has 12 heteroatoms. The molecule has 4 aromatic rings. The number of nitrogens with one attached hydrogen (secondary N) is 3. The van der Waals surface area contributed by atoms with Gasteiger partial charge in [-0.2, -0.15) is 0 Å². The minimum atomic E-state index is -0.986. The Morgan fingerprint density at radius 2 is 1.81 bits per heavy atom. The van der Waals surface area contributed by atoms with E-state index in [1.165, 1.54) is 12.3 Å². The van der Waals surface area contributed by atoms with Crippen LogP contribution in [0.1, 0.15) is 32.5 Å². The third kappa shape index (κ3) is 5.78. The first-order valence-corrected chi connectivity index (χ1v) is 11.6. The van der Waals surface area contributed by atoms with Crippen LogP contribution in [0.2, 0.25) is 0 Å². The van der Waals surface area contributed by atoms with Crippen LogP contribution in [0.25, 0.3) is 0 Å². The van der Waals surface area contributed by atoms with Gasteiger partial charge in [-0.05, 0) is 43.3 Å². The molecule has 3 aromatic heterocycles. The second-order valence-electron chi connectivity index (χ2n) is 7.69. The molecule has 1 atom stereocenters. The van der Waals surface area contributed by atoms with Crippen molar-refractivity contribution in [1.29, 1.82) is 0 Å². The van der Waals surface area contributed by atoms with E-state index >= 15 is 0 Å². The molecule has 1 aromatic carbocycles. The summed E-state index contributed by atoms with van der Waals surface area (Å²) in [5.74, 6) is -2.30. The number of ketones is 1. The van der Waals surface area contributed by atoms with Gasteiger partial charge in [-0.3, -0.25) is 9.59 Å². The van der Waals surface area contributed by atoms with Crippen molar-refractivity contribution in [2.45, 2.75) is 13.0 Å². The summed E-state index contributed by atoms with van der Waals surface area (Å²) < 4.78 is 28.0. The fourth-order valence-corrected chi connectivity index (χ4v) is 4.01. The first kappa shape index (κ1) is 24.7. The molecule has 0 spiro atoms. The number of amides is 1. The lowest BCUT2D eigenvalue weighted by Gasteiger charge is -2.15. The summed E-state index contributed by atoms with van der Waals surface area (Å²) in [6.07, 6.45) is 3.06. The van der Waals surface area contributed by atoms with Crippen LogP contribution in [0.5, 0.6) is 0 Å². The summed E-state index contributed by atoms with van der Waals surface area (Å²) in [4.78, 5) is 37.4. The van der Waals surface area contributed by atoms with E-state index in [9.17, 15) is 18.4 Å². The summed E-state index contributed by atoms with van der Waals surface area (Å²) in [7, 11) is 0. The van der Waals surface area contributed by atoms with E-state index in [4.69, 9.17) is 5.73 Å². The summed E-state index contributed by atoms with van der Waals surface area (Å²) >= 11 is 0.836. The monoisotopic (exact) mass is 509 g/mol. The van der Waals surface area contributed by atoms with Crippen molar-refractivity contribution in [3.05, 3.63) is 88.6 Å². The standard InChI is InChI=1S/C24H21F2N7O2S/c1-13(11-29-17-7-2-3-10-28-17)31-23(35)14-8-9-18(30-12-14)32-24-33-22(27)21(36-24)20(34)19-15(25)5-4-6-16(19)26/h2-10,12-13H,11,27H2,1H3,(H,28,29)(H,31,35)(H,30,32,33)/t13-/m1/s1. The molecular formula is C24H21F2N7O2S. The molecule has 9 nitrogen and oxygen atoms in total. The normalized spacial score (nSPS) is 11.5. The van der Waals surface area contributed by atoms with E-state index in [1.54, 1.807) is 18.3 Å². The van der Waals surface area contributed by atoms with E-state index in [0.29, 0.717) is 23.7 Å². The number of hydrogen-bond acceptors (Lipinski definition) is 9. The third-order valence-corrected chi connectivity index (χ3v) is 5.93. The number of benzene rings is 1. The minimum absolute atomic E-state index is 0.106. The fourth-order valence-electron chi connectivity index (χ4n) is 3.17. The number of nitrogen functional groups attached to an aromatic ring is 1. The van der Waals surface area contributed by atoms with Gasteiger partial charge in [0.25, 0.3) is 5.91 Å². The molecule has 4 rings (SSSR count). The molecule has 0 aliphatic rings. The van der Waals surface area contributed by atoms with E-state index in [2.05, 4.69) is 30.9 Å². The van der Waals surface area contributed by atoms with Crippen molar-refractivity contribution < 1.29 is 18.4 Å². The van der Waals surface area contributed by atoms with Crippen LogP contribution in [0.15, 0.2) is 60.9 Å². The molecular weight excluding hydrogens is 488 g/mol. The highest BCUT2D eigenvalue weighted by molar-refractivity contribution is 7.18. The lowest BCUT2D eigenvalue weighted by Crippen LogP contribution is -2.37. The quantitative estimate of drug-likeness (QED) is 0.249. The SMILES string of the molecule is C[C@H](CNc1ccccn1)NC(=O)c1ccc(Nc2nc(N)c(C(=O)c3c(F)cccc3F)s2)nc1. The van der Waals surface area contributed by atoms with Gasteiger partial charge in [0, 0.05) is 25.0 Å². The van der Waals surface area contributed by atoms with E-state index in [0.717, 1.165) is 23.5 Å². The zero-order valence-corrected chi connectivity index (χ0v) is 19.8. The maximum atomic E-state index is 14.0. The average Bonchev–Trinajstić information content (AvgIpc) is 3.23. The van der Waals surface area contributed by atoms with Crippen molar-refractivity contribution in [3.63, 3.8) is 0 Å². The van der Waals surface area contributed by atoms with Gasteiger partial charge in [0.2, 0.25) is 5.78 Å². The maximum absolute atomic E-state index is 14.0. The van der Waals surface area contributed by atoms with Crippen LogP contribution in [0.3, 0.4) is 0 Å². The molecule has 36 heavy (non-hydrogen) atoms. The molecule has 0 unspecified atom stereocenters. The Morgan fingerprint density at radius 3 is 2.47 bits per heavy atom. The topological polar surface area (TPSA) is 135 Å². The molecule has 3 heterocycles. The molecule has 0 aliphatic carbocycles. The lowest BCUT2D eigenvalue weighted by atomic mass is 10.1. The van der Waals surface area contributed by atoms with Gasteiger partial charge in [0.05, 0.1) is 11.1 Å². The Labute approximate surface area is 208 Å². The Morgan fingerprint density at radius 1 is 1.03 bits per heavy atom. The van der Waals surface area contributed by atoms with E-state index in [-0.39, 0.29) is 27.8 Å². The Balaban J connectivity index is 1.37. The van der Waals surface area contributed by atoms with Crippen LogP contribution in [0, 0.1) is 11.6 Å². The molecule has 0 radical (unpaired) electrons. The second kappa shape index (κ2) is 10.9. The van der Waals surface area contributed by atoms with Gasteiger partial charge < -0.3 is 21.7 Å². The van der Waals surface area contributed by atoms with Gasteiger partial charge >= 0.3 is 0 Å². The number of thiazole rings is 1. The Bertz CT molecular complexity index is 1360. The van der Waals surface area contributed by atoms with Crippen LogP contribution in [-0.4, -0.2) is 39.2 Å². The van der Waals surface area contributed by atoms with Gasteiger partial charge in [-0.1, -0.05) is 23.5 Å². The molecule has 5 N–H and O–H groups in total. The predicted molar refractivity (Wildman–Crippen MR) is 133 cm³/mol. The molecule has 0 aliphatic heterocycles. The zero-order valence-electron chi connectivity index (χ0n) is 19.0. The number of pyridine rings is 2. The fraction of sp³-hybridized carbons (Fsp3) is 0.125. The highest BCUT2D eigenvalue weighted by Gasteiger charge is 2.24. The molecule has 0 bridgehead atoms. The van der Waals surface area contributed by atoms with Gasteiger partial charge in [0.1, 0.15) is 34.0 Å². The first-order valence-electron chi connectivity index (χ1n) is 10.8. The van der Waals surface area contributed by atoms with Crippen molar-refractivity contribution in [1.82, 2.24) is 20.3 Å². The van der Waals surface area contributed by atoms with Crippen molar-refractivity contribution in [2.24, 2.45) is 0 Å². The Kier molecular flexibility index (Phi) is 7.44. The number of hydrogen-bond donors (Lipinski definition) is 4. The molecule has 184 valence electrons. The number of aromatic nitrogens is 3. The smallest absolute Gasteiger partial charge is 0.253 e. The average molecular weight is 510 g/mol. The second-order valence-corrected chi connectivity index (χ2v) is 8.69. The number of carbonyl (C=O) groups is 2. The van der Waals surface area contributed by atoms with Crippen molar-refractivity contribution >= 4 is 45.6 Å². The van der Waals surface area contributed by atoms with Crippen molar-refractivity contribution in [3.8, 4) is 0 Å². The van der Waals surface area contributed by atoms with Crippen LogP contribution >= 0.6 is 11.3 Å². The summed E-state index contributed by atoms with van der Waals surface area (Å²) in [5, 5.41) is 9.08. The van der Waals surface area contributed by atoms with Gasteiger partial charge in [-0.15, -0.1) is 0 Å². The lowest BCUT2D eigenvalue weighted by molar-refractivity contribution is 0.0941. The molecule has 1 amide bonds. The minimum Gasteiger partial charge on any atom is -0.382 e. The third-order valence-electron chi connectivity index (χ3n) is 4.94. The summed E-state index contributed by atoms with van der Waals surface area (Å²) in [5.41, 5.74) is 5.46. The zero-order chi connectivity index (χ0) is 25.7. The van der Waals surface area contributed by atoms with Crippen LogP contribution < -0.4 is 21.7 Å². The first-order chi connectivity index (χ1) is 17.3. The number of nitrogens with zero attached hydrogens (tertiary/aromatic N) is 3. The Hall–Kier alpha value is -4.45. The van der Waals surface area contributed by atoms with Gasteiger partial charge in [-0.25, -0.2) is 23.7 Å². The number of nitrogens with two attached hydrogens (primary N) is 1. The van der Waals surface area contributed by atoms with Gasteiger partial charge in [0.15, 0.2) is 5.13 Å². The molecule has 0 fully saturated rings. The van der Waals surface area contributed by atoms with Crippen molar-refractivity contribution in [2.75, 3.05) is 22.9 Å². The summed E-state index contributed by atoms with van der Waals surface area (Å²) in [6, 6.07) is 11.6. The molecule has 0 saturated carbocycles. The maximum Gasteiger partial charge on any atom is 0.253 e. The highest BCUT2D eigenvalue weighted by Crippen LogP contribution is 2.30. The highest BCUT2D eigenvalue weighted by atomic mass is 32.1. The van der Waals surface area contributed by atoms with Crippen LogP contribution in [0.4, 0.5) is 31.4 Å². The number of carbonyl (C=O) groups excluding carboxylic acids is 2. The number of halogens is 2. The summed E-state index contributed by atoms with van der Waals surface area (Å²) in [6.45, 7) is 2.34. The van der Waals surface area contributed by atoms with E-state index in [1.807, 2.05) is 25.1 Å². The largest absolute Gasteiger partial charge is 0.382 e.